The number of carbonyl (C=O) groups excluding carboxylic acids is 2. The zero-order valence-electron chi connectivity index (χ0n) is 14.6. The molecule has 1 fully saturated rings. The van der Waals surface area contributed by atoms with Crippen LogP contribution < -0.4 is 10.6 Å². The van der Waals surface area contributed by atoms with Crippen molar-refractivity contribution in [3.8, 4) is 0 Å². The standard InChI is InChI=1S/C17H22N6O2S/c1-12(15(24)21-17-22-20-11-26-17)23-8-5-13(6-9-23)16(25)19-10-14-4-2-3-7-18-14/h2-4,7,11-13H,5-6,8-10H2,1H3,(H,19,25)(H,21,22,24)/t12-/m1/s1. The molecule has 8 nitrogen and oxygen atoms in total. The number of rotatable bonds is 6. The quantitative estimate of drug-likeness (QED) is 0.790. The molecule has 138 valence electrons. The summed E-state index contributed by atoms with van der Waals surface area (Å²) < 4.78 is 0. The number of amides is 2. The topological polar surface area (TPSA) is 100 Å². The lowest BCUT2D eigenvalue weighted by atomic mass is 9.95. The fraction of sp³-hybridized carbons (Fsp3) is 0.471. The van der Waals surface area contributed by atoms with E-state index >= 15 is 0 Å². The van der Waals surface area contributed by atoms with Gasteiger partial charge in [0.05, 0.1) is 18.3 Å². The molecule has 3 heterocycles. The SMILES string of the molecule is C[C@H](C(=O)Nc1nncs1)N1CCC(C(=O)NCc2ccccn2)CC1. The molecule has 2 aromatic heterocycles. The zero-order chi connectivity index (χ0) is 18.4. The smallest absolute Gasteiger partial charge is 0.243 e. The second-order valence-corrected chi connectivity index (χ2v) is 7.09. The fourth-order valence-electron chi connectivity index (χ4n) is 2.98. The third-order valence-corrected chi connectivity index (χ3v) is 5.19. The van der Waals surface area contributed by atoms with E-state index in [-0.39, 0.29) is 23.8 Å². The van der Waals surface area contributed by atoms with Crippen molar-refractivity contribution in [3.63, 3.8) is 0 Å². The molecule has 2 aromatic rings. The van der Waals surface area contributed by atoms with Gasteiger partial charge in [0.25, 0.3) is 0 Å². The molecule has 26 heavy (non-hydrogen) atoms. The lowest BCUT2D eigenvalue weighted by Crippen LogP contribution is -2.48. The van der Waals surface area contributed by atoms with Crippen molar-refractivity contribution in [3.05, 3.63) is 35.6 Å². The largest absolute Gasteiger partial charge is 0.350 e. The maximum Gasteiger partial charge on any atom is 0.243 e. The zero-order valence-corrected chi connectivity index (χ0v) is 15.4. The van der Waals surface area contributed by atoms with Crippen LogP contribution in [0, 0.1) is 5.92 Å². The third kappa shape index (κ3) is 4.83. The summed E-state index contributed by atoms with van der Waals surface area (Å²) in [4.78, 5) is 30.9. The van der Waals surface area contributed by atoms with Crippen molar-refractivity contribution in [1.82, 2.24) is 25.4 Å². The van der Waals surface area contributed by atoms with Crippen LogP contribution in [0.2, 0.25) is 0 Å². The molecule has 0 aliphatic carbocycles. The summed E-state index contributed by atoms with van der Waals surface area (Å²) in [6.07, 6.45) is 3.20. The maximum absolute atomic E-state index is 12.3. The molecular formula is C17H22N6O2S. The fourth-order valence-corrected chi connectivity index (χ4v) is 3.42. The van der Waals surface area contributed by atoms with Gasteiger partial charge < -0.3 is 5.32 Å². The number of hydrogen-bond donors (Lipinski definition) is 2. The second-order valence-electron chi connectivity index (χ2n) is 6.26. The van der Waals surface area contributed by atoms with Crippen LogP contribution in [0.25, 0.3) is 0 Å². The number of nitrogens with one attached hydrogen (secondary N) is 2. The summed E-state index contributed by atoms with van der Waals surface area (Å²) in [6, 6.07) is 5.38. The Morgan fingerprint density at radius 2 is 2.15 bits per heavy atom. The van der Waals surface area contributed by atoms with Crippen LogP contribution in [0.3, 0.4) is 0 Å². The molecule has 0 radical (unpaired) electrons. The molecule has 1 aliphatic heterocycles. The predicted octanol–water partition coefficient (Wildman–Crippen LogP) is 1.29. The van der Waals surface area contributed by atoms with E-state index in [1.54, 1.807) is 11.7 Å². The normalized spacial score (nSPS) is 16.8. The van der Waals surface area contributed by atoms with E-state index in [0.29, 0.717) is 24.8 Å². The van der Waals surface area contributed by atoms with E-state index in [4.69, 9.17) is 0 Å². The monoisotopic (exact) mass is 374 g/mol. The van der Waals surface area contributed by atoms with E-state index in [1.807, 2.05) is 25.1 Å². The minimum absolute atomic E-state index is 0.0200. The van der Waals surface area contributed by atoms with Gasteiger partial charge in [0.15, 0.2) is 0 Å². The Bertz CT molecular complexity index is 716. The van der Waals surface area contributed by atoms with E-state index in [2.05, 4.69) is 30.7 Å². The summed E-state index contributed by atoms with van der Waals surface area (Å²) in [5, 5.41) is 13.8. The van der Waals surface area contributed by atoms with Crippen molar-refractivity contribution in [2.75, 3.05) is 18.4 Å². The lowest BCUT2D eigenvalue weighted by molar-refractivity contribution is -0.127. The second kappa shape index (κ2) is 8.81. The Kier molecular flexibility index (Phi) is 6.24. The van der Waals surface area contributed by atoms with Gasteiger partial charge in [0.1, 0.15) is 5.51 Å². The Morgan fingerprint density at radius 1 is 1.35 bits per heavy atom. The van der Waals surface area contributed by atoms with Crippen LogP contribution in [0.5, 0.6) is 0 Å². The first-order valence-electron chi connectivity index (χ1n) is 8.62. The van der Waals surface area contributed by atoms with Crippen LogP contribution in [0.4, 0.5) is 5.13 Å². The molecule has 0 saturated carbocycles. The first-order chi connectivity index (χ1) is 12.6. The van der Waals surface area contributed by atoms with Crippen LogP contribution in [-0.2, 0) is 16.1 Å². The van der Waals surface area contributed by atoms with Crippen LogP contribution in [0.15, 0.2) is 29.9 Å². The van der Waals surface area contributed by atoms with E-state index in [9.17, 15) is 9.59 Å². The van der Waals surface area contributed by atoms with Crippen LogP contribution in [0.1, 0.15) is 25.5 Å². The average Bonchev–Trinajstić information content (AvgIpc) is 3.19. The molecule has 0 bridgehead atoms. The molecule has 0 unspecified atom stereocenters. The maximum atomic E-state index is 12.3. The highest BCUT2D eigenvalue weighted by atomic mass is 32.1. The number of likely N-dealkylation sites (tertiary alicyclic amines) is 1. The molecule has 2 amide bonds. The number of pyridine rings is 1. The van der Waals surface area contributed by atoms with Gasteiger partial charge in [-0.1, -0.05) is 17.4 Å². The van der Waals surface area contributed by atoms with Crippen molar-refractivity contribution in [1.29, 1.82) is 0 Å². The number of anilines is 1. The number of nitrogens with zero attached hydrogens (tertiary/aromatic N) is 4. The Labute approximate surface area is 156 Å². The Morgan fingerprint density at radius 3 is 2.81 bits per heavy atom. The van der Waals surface area contributed by atoms with Gasteiger partial charge in [0, 0.05) is 12.1 Å². The number of carbonyl (C=O) groups is 2. The van der Waals surface area contributed by atoms with Gasteiger partial charge in [-0.25, -0.2) is 0 Å². The number of piperidine rings is 1. The van der Waals surface area contributed by atoms with Crippen LogP contribution in [-0.4, -0.2) is 51.0 Å². The van der Waals surface area contributed by atoms with Gasteiger partial charge >= 0.3 is 0 Å². The van der Waals surface area contributed by atoms with E-state index in [1.165, 1.54) is 11.3 Å². The summed E-state index contributed by atoms with van der Waals surface area (Å²) in [5.74, 6) is -0.0607. The van der Waals surface area contributed by atoms with Gasteiger partial charge in [-0.15, -0.1) is 10.2 Å². The van der Waals surface area contributed by atoms with E-state index < -0.39 is 0 Å². The molecule has 1 aliphatic rings. The predicted molar refractivity (Wildman–Crippen MR) is 98.4 cm³/mol. The van der Waals surface area contributed by atoms with Gasteiger partial charge in [-0.05, 0) is 45.0 Å². The van der Waals surface area contributed by atoms with Crippen LogP contribution >= 0.6 is 11.3 Å². The lowest BCUT2D eigenvalue weighted by Gasteiger charge is -2.34. The van der Waals surface area contributed by atoms with Crippen molar-refractivity contribution in [2.24, 2.45) is 5.92 Å². The van der Waals surface area contributed by atoms with E-state index in [0.717, 1.165) is 18.5 Å². The van der Waals surface area contributed by atoms with Crippen molar-refractivity contribution < 1.29 is 9.59 Å². The Hall–Kier alpha value is -2.39. The van der Waals surface area contributed by atoms with Crippen molar-refractivity contribution >= 4 is 28.3 Å². The molecule has 9 heteroatoms. The number of hydrogen-bond acceptors (Lipinski definition) is 7. The molecule has 0 aromatic carbocycles. The highest BCUT2D eigenvalue weighted by molar-refractivity contribution is 7.13. The molecule has 2 N–H and O–H groups in total. The third-order valence-electron chi connectivity index (χ3n) is 4.59. The minimum atomic E-state index is -0.267. The summed E-state index contributed by atoms with van der Waals surface area (Å²) >= 11 is 1.29. The molecule has 3 rings (SSSR count). The molecule has 1 saturated heterocycles. The first-order valence-corrected chi connectivity index (χ1v) is 9.50. The van der Waals surface area contributed by atoms with Crippen molar-refractivity contribution in [2.45, 2.75) is 32.4 Å². The summed E-state index contributed by atoms with van der Waals surface area (Å²) in [7, 11) is 0. The first kappa shape index (κ1) is 18.4. The Balaban J connectivity index is 1.43. The highest BCUT2D eigenvalue weighted by Crippen LogP contribution is 2.20. The molecule has 0 spiro atoms. The van der Waals surface area contributed by atoms with Gasteiger partial charge in [-0.2, -0.15) is 0 Å². The van der Waals surface area contributed by atoms with Gasteiger partial charge in [0.2, 0.25) is 16.9 Å². The minimum Gasteiger partial charge on any atom is -0.350 e. The summed E-state index contributed by atoms with van der Waals surface area (Å²) in [6.45, 7) is 3.75. The summed E-state index contributed by atoms with van der Waals surface area (Å²) in [5.41, 5.74) is 2.43. The average molecular weight is 374 g/mol. The molecular weight excluding hydrogens is 352 g/mol. The van der Waals surface area contributed by atoms with Gasteiger partial charge in [-0.3, -0.25) is 24.8 Å². The molecule has 1 atom stereocenters. The highest BCUT2D eigenvalue weighted by Gasteiger charge is 2.29. The number of aromatic nitrogens is 3.